The molecule has 21 heavy (non-hydrogen) atoms. The summed E-state index contributed by atoms with van der Waals surface area (Å²) in [6, 6.07) is 8.03. The molecule has 0 fully saturated rings. The van der Waals surface area contributed by atoms with Crippen LogP contribution in [0.25, 0.3) is 0 Å². The van der Waals surface area contributed by atoms with Crippen LogP contribution in [-0.4, -0.2) is 25.2 Å². The Balaban J connectivity index is 2.04. The summed E-state index contributed by atoms with van der Waals surface area (Å²) >= 11 is 1.36. The third-order valence-corrected chi connectivity index (χ3v) is 3.71. The van der Waals surface area contributed by atoms with Gasteiger partial charge in [-0.05, 0) is 36.4 Å². The maximum Gasteiger partial charge on any atom is 0.260 e. The van der Waals surface area contributed by atoms with Crippen LogP contribution in [0.2, 0.25) is 0 Å². The molecule has 0 amide bonds. The van der Waals surface area contributed by atoms with Gasteiger partial charge in [0.2, 0.25) is 0 Å². The van der Waals surface area contributed by atoms with Crippen molar-refractivity contribution in [2.75, 3.05) is 20.3 Å². The molecule has 1 N–H and O–H groups in total. The smallest absolute Gasteiger partial charge is 0.260 e. The molecule has 0 atom stereocenters. The van der Waals surface area contributed by atoms with Gasteiger partial charge in [-0.1, -0.05) is 6.07 Å². The average Bonchev–Trinajstić information content (AvgIpc) is 2.90. The second-order valence-corrected chi connectivity index (χ2v) is 5.46. The fourth-order valence-electron chi connectivity index (χ4n) is 1.74. The number of oxazole rings is 1. The van der Waals surface area contributed by atoms with Crippen LogP contribution in [0.5, 0.6) is 0 Å². The van der Waals surface area contributed by atoms with Crippen molar-refractivity contribution in [1.29, 1.82) is 5.26 Å². The van der Waals surface area contributed by atoms with E-state index in [9.17, 15) is 5.26 Å². The summed E-state index contributed by atoms with van der Waals surface area (Å²) in [5.41, 5.74) is 2.52. The number of aromatic nitrogens is 1. The molecular formula is C15H17N3O2S. The van der Waals surface area contributed by atoms with Crippen LogP contribution in [0.15, 0.2) is 39.0 Å². The van der Waals surface area contributed by atoms with E-state index in [1.165, 1.54) is 11.8 Å². The Kier molecular flexibility index (Phi) is 5.81. The Morgan fingerprint density at radius 3 is 3.00 bits per heavy atom. The first kappa shape index (κ1) is 15.6. The van der Waals surface area contributed by atoms with Gasteiger partial charge in [0.25, 0.3) is 5.22 Å². The first-order chi connectivity index (χ1) is 10.2. The zero-order chi connectivity index (χ0) is 15.1. The Hall–Kier alpha value is -1.81. The van der Waals surface area contributed by atoms with Gasteiger partial charge in [0.05, 0.1) is 17.9 Å². The van der Waals surface area contributed by atoms with Crippen molar-refractivity contribution in [2.24, 2.45) is 0 Å². The lowest BCUT2D eigenvalue weighted by molar-refractivity contribution is 0.199. The topological polar surface area (TPSA) is 71.1 Å². The van der Waals surface area contributed by atoms with Gasteiger partial charge >= 0.3 is 0 Å². The van der Waals surface area contributed by atoms with E-state index >= 15 is 0 Å². The van der Waals surface area contributed by atoms with Gasteiger partial charge in [-0.15, -0.1) is 0 Å². The SMILES string of the molecule is COCCNCc1ccc(Sc2nc(C)co2)c(C#N)c1. The Bertz CT molecular complexity index is 634. The molecule has 0 saturated carbocycles. The number of nitrogens with zero attached hydrogens (tertiary/aromatic N) is 2. The number of nitriles is 1. The summed E-state index contributed by atoms with van der Waals surface area (Å²) in [6.45, 7) is 4.03. The van der Waals surface area contributed by atoms with Gasteiger partial charge in [-0.3, -0.25) is 0 Å². The van der Waals surface area contributed by atoms with E-state index in [1.807, 2.05) is 25.1 Å². The number of hydrogen-bond acceptors (Lipinski definition) is 6. The van der Waals surface area contributed by atoms with Crippen molar-refractivity contribution in [1.82, 2.24) is 10.3 Å². The molecule has 0 radical (unpaired) electrons. The molecule has 0 aliphatic rings. The van der Waals surface area contributed by atoms with Crippen molar-refractivity contribution >= 4 is 11.8 Å². The first-order valence-electron chi connectivity index (χ1n) is 6.55. The summed E-state index contributed by atoms with van der Waals surface area (Å²) in [5.74, 6) is 0. The molecule has 2 aromatic rings. The minimum absolute atomic E-state index is 0.551. The molecule has 2 rings (SSSR count). The Morgan fingerprint density at radius 1 is 1.48 bits per heavy atom. The Labute approximate surface area is 128 Å². The zero-order valence-corrected chi connectivity index (χ0v) is 12.9. The second-order valence-electron chi connectivity index (χ2n) is 4.47. The van der Waals surface area contributed by atoms with Crippen LogP contribution in [0.3, 0.4) is 0 Å². The lowest BCUT2D eigenvalue weighted by Crippen LogP contribution is -2.18. The maximum absolute atomic E-state index is 9.28. The van der Waals surface area contributed by atoms with Crippen LogP contribution in [0, 0.1) is 18.3 Å². The largest absolute Gasteiger partial charge is 0.439 e. The summed E-state index contributed by atoms with van der Waals surface area (Å²) in [4.78, 5) is 5.08. The van der Waals surface area contributed by atoms with E-state index in [4.69, 9.17) is 9.15 Å². The van der Waals surface area contributed by atoms with E-state index < -0.39 is 0 Å². The van der Waals surface area contributed by atoms with Gasteiger partial charge < -0.3 is 14.5 Å². The van der Waals surface area contributed by atoms with Crippen molar-refractivity contribution in [3.63, 3.8) is 0 Å². The molecule has 0 spiro atoms. The van der Waals surface area contributed by atoms with Crippen LogP contribution >= 0.6 is 11.8 Å². The highest BCUT2D eigenvalue weighted by Crippen LogP contribution is 2.30. The highest BCUT2D eigenvalue weighted by Gasteiger charge is 2.09. The number of nitrogens with one attached hydrogen (secondary N) is 1. The molecular weight excluding hydrogens is 286 g/mol. The van der Waals surface area contributed by atoms with E-state index in [0.29, 0.717) is 23.9 Å². The number of rotatable bonds is 7. The molecule has 1 heterocycles. The van der Waals surface area contributed by atoms with Crippen LogP contribution in [0.1, 0.15) is 16.8 Å². The third-order valence-electron chi connectivity index (χ3n) is 2.77. The monoisotopic (exact) mass is 303 g/mol. The molecule has 110 valence electrons. The summed E-state index contributed by atoms with van der Waals surface area (Å²) < 4.78 is 10.3. The molecule has 1 aromatic heterocycles. The number of ether oxygens (including phenoxy) is 1. The Morgan fingerprint density at radius 2 is 2.33 bits per heavy atom. The molecule has 0 aliphatic carbocycles. The summed E-state index contributed by atoms with van der Waals surface area (Å²) in [7, 11) is 1.67. The fraction of sp³-hybridized carbons (Fsp3) is 0.333. The van der Waals surface area contributed by atoms with E-state index in [-0.39, 0.29) is 0 Å². The standard InChI is InChI=1S/C15H17N3O2S/c1-11-10-20-15(18-11)21-14-4-3-12(7-13(14)8-16)9-17-5-6-19-2/h3-4,7,10,17H,5-6,9H2,1-2H3. The number of aryl methyl sites for hydroxylation is 1. The number of methoxy groups -OCH3 is 1. The fourth-order valence-corrected chi connectivity index (χ4v) is 2.57. The second kappa shape index (κ2) is 7.84. The molecule has 0 unspecified atom stereocenters. The van der Waals surface area contributed by atoms with Gasteiger partial charge in [-0.2, -0.15) is 5.26 Å². The quantitative estimate of drug-likeness (QED) is 0.793. The van der Waals surface area contributed by atoms with Crippen LogP contribution in [-0.2, 0) is 11.3 Å². The molecule has 0 aliphatic heterocycles. The predicted octanol–water partition coefficient (Wildman–Crippen LogP) is 2.74. The maximum atomic E-state index is 9.28. The van der Waals surface area contributed by atoms with Crippen LogP contribution in [0.4, 0.5) is 0 Å². The number of hydrogen-bond donors (Lipinski definition) is 1. The van der Waals surface area contributed by atoms with Gasteiger partial charge in [0.1, 0.15) is 12.3 Å². The van der Waals surface area contributed by atoms with E-state index in [0.717, 1.165) is 22.7 Å². The molecule has 1 aromatic carbocycles. The minimum Gasteiger partial charge on any atom is -0.439 e. The van der Waals surface area contributed by atoms with Gasteiger partial charge in [0, 0.05) is 25.1 Å². The van der Waals surface area contributed by atoms with E-state index in [2.05, 4.69) is 16.4 Å². The van der Waals surface area contributed by atoms with Gasteiger partial charge in [0.15, 0.2) is 0 Å². The first-order valence-corrected chi connectivity index (χ1v) is 7.37. The minimum atomic E-state index is 0.551. The highest BCUT2D eigenvalue weighted by atomic mass is 32.2. The lowest BCUT2D eigenvalue weighted by Gasteiger charge is -2.07. The molecule has 5 nitrogen and oxygen atoms in total. The van der Waals surface area contributed by atoms with Crippen LogP contribution < -0.4 is 5.32 Å². The third kappa shape index (κ3) is 4.60. The van der Waals surface area contributed by atoms with Gasteiger partial charge in [-0.25, -0.2) is 4.98 Å². The summed E-state index contributed by atoms with van der Waals surface area (Å²) in [5, 5.41) is 13.1. The van der Waals surface area contributed by atoms with Crippen molar-refractivity contribution in [2.45, 2.75) is 23.6 Å². The normalized spacial score (nSPS) is 10.5. The van der Waals surface area contributed by atoms with Crippen molar-refractivity contribution < 1.29 is 9.15 Å². The predicted molar refractivity (Wildman–Crippen MR) is 80.1 cm³/mol. The lowest BCUT2D eigenvalue weighted by atomic mass is 10.1. The highest BCUT2D eigenvalue weighted by molar-refractivity contribution is 7.99. The zero-order valence-electron chi connectivity index (χ0n) is 12.0. The average molecular weight is 303 g/mol. The van der Waals surface area contributed by atoms with Crippen molar-refractivity contribution in [3.05, 3.63) is 41.3 Å². The molecule has 0 saturated heterocycles. The van der Waals surface area contributed by atoms with E-state index in [1.54, 1.807) is 13.4 Å². The number of benzene rings is 1. The molecule has 0 bridgehead atoms. The molecule has 6 heteroatoms. The van der Waals surface area contributed by atoms with Crippen molar-refractivity contribution in [3.8, 4) is 6.07 Å². The summed E-state index contributed by atoms with van der Waals surface area (Å²) in [6.07, 6.45) is 1.60.